The minimum atomic E-state index is 0.189. The van der Waals surface area contributed by atoms with Crippen molar-refractivity contribution in [3.8, 4) is 0 Å². The monoisotopic (exact) mass is 377 g/mol. The van der Waals surface area contributed by atoms with Crippen LogP contribution in [0.4, 0.5) is 0 Å². The average Bonchev–Trinajstić information content (AvgIpc) is 3.24. The van der Waals surface area contributed by atoms with Gasteiger partial charge >= 0.3 is 0 Å². The zero-order valence-corrected chi connectivity index (χ0v) is 16.9. The second-order valence-corrected chi connectivity index (χ2v) is 8.24. The van der Waals surface area contributed by atoms with Crippen LogP contribution >= 0.6 is 0 Å². The molecule has 0 atom stereocenters. The van der Waals surface area contributed by atoms with Gasteiger partial charge in [0.25, 0.3) is 5.91 Å². The molecule has 0 aromatic heterocycles. The number of benzene rings is 2. The number of nitrogens with zero attached hydrogens (tertiary/aromatic N) is 3. The van der Waals surface area contributed by atoms with Crippen LogP contribution in [0.15, 0.2) is 48.5 Å². The number of piperazine rings is 1. The molecule has 0 N–H and O–H groups in total. The van der Waals surface area contributed by atoms with Crippen LogP contribution in [-0.2, 0) is 13.1 Å². The highest BCUT2D eigenvalue weighted by Gasteiger charge is 2.20. The fraction of sp³-hybridized carbons (Fsp3) is 0.458. The number of hydrogen-bond donors (Lipinski definition) is 0. The van der Waals surface area contributed by atoms with Crippen molar-refractivity contribution in [3.63, 3.8) is 0 Å². The third kappa shape index (κ3) is 4.81. The molecule has 0 unspecified atom stereocenters. The van der Waals surface area contributed by atoms with E-state index >= 15 is 0 Å². The quantitative estimate of drug-likeness (QED) is 0.797. The first-order valence-electron chi connectivity index (χ1n) is 10.6. The third-order valence-electron chi connectivity index (χ3n) is 5.95. The lowest BCUT2D eigenvalue weighted by Crippen LogP contribution is -2.45. The summed E-state index contributed by atoms with van der Waals surface area (Å²) in [6.07, 6.45) is 2.28. The molecule has 2 aromatic carbocycles. The van der Waals surface area contributed by atoms with Gasteiger partial charge in [-0.15, -0.1) is 0 Å². The number of hydrogen-bond acceptors (Lipinski definition) is 3. The van der Waals surface area contributed by atoms with E-state index in [-0.39, 0.29) is 5.91 Å². The Labute approximate surface area is 168 Å². The Bertz CT molecular complexity index is 788. The Morgan fingerprint density at radius 1 is 0.786 bits per heavy atom. The van der Waals surface area contributed by atoms with Crippen molar-refractivity contribution >= 4 is 5.91 Å². The molecule has 2 fully saturated rings. The maximum atomic E-state index is 12.5. The first-order chi connectivity index (χ1) is 13.7. The molecule has 1 amide bonds. The smallest absolute Gasteiger partial charge is 0.253 e. The van der Waals surface area contributed by atoms with Crippen LogP contribution in [-0.4, -0.2) is 59.9 Å². The van der Waals surface area contributed by atoms with Gasteiger partial charge in [0.1, 0.15) is 0 Å². The maximum absolute atomic E-state index is 12.5. The number of carbonyl (C=O) groups is 1. The van der Waals surface area contributed by atoms with Gasteiger partial charge in [-0.1, -0.05) is 42.0 Å². The lowest BCUT2D eigenvalue weighted by Gasteiger charge is -2.34. The van der Waals surface area contributed by atoms with Crippen LogP contribution in [0.3, 0.4) is 0 Å². The minimum absolute atomic E-state index is 0.189. The second-order valence-electron chi connectivity index (χ2n) is 8.24. The van der Waals surface area contributed by atoms with Gasteiger partial charge in [-0.25, -0.2) is 0 Å². The summed E-state index contributed by atoms with van der Waals surface area (Å²) in [4.78, 5) is 19.5. The van der Waals surface area contributed by atoms with Crippen molar-refractivity contribution < 1.29 is 4.79 Å². The van der Waals surface area contributed by atoms with Gasteiger partial charge < -0.3 is 4.90 Å². The molecule has 0 saturated carbocycles. The highest BCUT2D eigenvalue weighted by atomic mass is 16.2. The predicted molar refractivity (Wildman–Crippen MR) is 113 cm³/mol. The summed E-state index contributed by atoms with van der Waals surface area (Å²) in [6, 6.07) is 17.1. The van der Waals surface area contributed by atoms with Gasteiger partial charge in [0.05, 0.1) is 0 Å². The Kier molecular flexibility index (Phi) is 6.08. The molecule has 28 heavy (non-hydrogen) atoms. The number of aryl methyl sites for hydroxylation is 1. The fourth-order valence-corrected chi connectivity index (χ4v) is 4.29. The van der Waals surface area contributed by atoms with Crippen LogP contribution in [0.1, 0.15) is 39.9 Å². The molecule has 0 radical (unpaired) electrons. The van der Waals surface area contributed by atoms with Gasteiger partial charge in [0.15, 0.2) is 0 Å². The topological polar surface area (TPSA) is 26.8 Å². The molecule has 4 nitrogen and oxygen atoms in total. The normalized spacial score (nSPS) is 18.5. The summed E-state index contributed by atoms with van der Waals surface area (Å²) in [5.41, 5.74) is 4.87. The van der Waals surface area contributed by atoms with Crippen molar-refractivity contribution in [2.24, 2.45) is 0 Å². The van der Waals surface area contributed by atoms with Crippen LogP contribution < -0.4 is 0 Å². The Morgan fingerprint density at radius 3 is 2.00 bits per heavy atom. The second kappa shape index (κ2) is 8.89. The van der Waals surface area contributed by atoms with Crippen LogP contribution in [0.5, 0.6) is 0 Å². The molecule has 148 valence electrons. The van der Waals surface area contributed by atoms with Gasteiger partial charge in [0.2, 0.25) is 0 Å². The highest BCUT2D eigenvalue weighted by Crippen LogP contribution is 2.16. The lowest BCUT2D eigenvalue weighted by molar-refractivity contribution is 0.0792. The summed E-state index contributed by atoms with van der Waals surface area (Å²) in [5, 5.41) is 0. The van der Waals surface area contributed by atoms with Crippen molar-refractivity contribution in [2.45, 2.75) is 32.9 Å². The van der Waals surface area contributed by atoms with Gasteiger partial charge in [-0.2, -0.15) is 0 Å². The van der Waals surface area contributed by atoms with E-state index in [0.29, 0.717) is 0 Å². The van der Waals surface area contributed by atoms with Gasteiger partial charge in [0, 0.05) is 57.9 Å². The Hall–Kier alpha value is -2.17. The molecule has 2 aromatic rings. The van der Waals surface area contributed by atoms with E-state index in [1.54, 1.807) is 0 Å². The summed E-state index contributed by atoms with van der Waals surface area (Å²) in [7, 11) is 0. The molecule has 2 saturated heterocycles. The molecule has 0 spiro atoms. The molecule has 2 aliphatic rings. The number of amides is 1. The average molecular weight is 378 g/mol. The first-order valence-corrected chi connectivity index (χ1v) is 10.6. The Balaban J connectivity index is 1.26. The molecule has 0 aliphatic carbocycles. The molecule has 4 heteroatoms. The number of rotatable bonds is 5. The number of likely N-dealkylation sites (tertiary alicyclic amines) is 1. The lowest BCUT2D eigenvalue weighted by atomic mass is 10.1. The number of carbonyl (C=O) groups excluding carboxylic acids is 1. The van der Waals surface area contributed by atoms with Gasteiger partial charge in [-0.3, -0.25) is 14.6 Å². The van der Waals surface area contributed by atoms with Crippen molar-refractivity contribution in [1.82, 2.24) is 14.7 Å². The summed E-state index contributed by atoms with van der Waals surface area (Å²) < 4.78 is 0. The van der Waals surface area contributed by atoms with Crippen molar-refractivity contribution in [3.05, 3.63) is 70.8 Å². The SMILES string of the molecule is Cc1cccc(CN2CCN(Cc3ccc(C(=O)N4CCCC4)cc3)CC2)c1. The predicted octanol–water partition coefficient (Wildman–Crippen LogP) is 3.55. The van der Waals surface area contributed by atoms with E-state index in [2.05, 4.69) is 53.1 Å². The summed E-state index contributed by atoms with van der Waals surface area (Å²) in [5.74, 6) is 0.189. The molecular weight excluding hydrogens is 346 g/mol. The summed E-state index contributed by atoms with van der Waals surface area (Å²) in [6.45, 7) is 10.4. The van der Waals surface area contributed by atoms with Crippen molar-refractivity contribution in [2.75, 3.05) is 39.3 Å². The maximum Gasteiger partial charge on any atom is 0.253 e. The van der Waals surface area contributed by atoms with E-state index in [0.717, 1.165) is 70.8 Å². The minimum Gasteiger partial charge on any atom is -0.339 e. The van der Waals surface area contributed by atoms with Crippen LogP contribution in [0.2, 0.25) is 0 Å². The van der Waals surface area contributed by atoms with E-state index in [1.807, 2.05) is 17.0 Å². The van der Waals surface area contributed by atoms with E-state index in [4.69, 9.17) is 0 Å². The van der Waals surface area contributed by atoms with E-state index in [1.165, 1.54) is 16.7 Å². The molecule has 4 rings (SSSR count). The van der Waals surface area contributed by atoms with Crippen LogP contribution in [0, 0.1) is 6.92 Å². The van der Waals surface area contributed by atoms with E-state index in [9.17, 15) is 4.79 Å². The first kappa shape index (κ1) is 19.2. The largest absolute Gasteiger partial charge is 0.339 e. The zero-order valence-electron chi connectivity index (χ0n) is 16.9. The standard InChI is InChI=1S/C24H31N3O/c1-20-5-4-6-22(17-20)19-26-15-13-25(14-16-26)18-21-7-9-23(10-8-21)24(28)27-11-2-3-12-27/h4-10,17H,2-3,11-16,18-19H2,1H3. The zero-order chi connectivity index (χ0) is 19.3. The highest BCUT2D eigenvalue weighted by molar-refractivity contribution is 5.94. The Morgan fingerprint density at radius 2 is 1.39 bits per heavy atom. The van der Waals surface area contributed by atoms with Crippen molar-refractivity contribution in [1.29, 1.82) is 0 Å². The van der Waals surface area contributed by atoms with E-state index < -0.39 is 0 Å². The molecule has 2 heterocycles. The molecular formula is C24H31N3O. The van der Waals surface area contributed by atoms with Gasteiger partial charge in [-0.05, 0) is 43.0 Å². The third-order valence-corrected chi connectivity index (χ3v) is 5.95. The fourth-order valence-electron chi connectivity index (χ4n) is 4.29. The van der Waals surface area contributed by atoms with Crippen LogP contribution in [0.25, 0.3) is 0 Å². The molecule has 2 aliphatic heterocycles. The summed E-state index contributed by atoms with van der Waals surface area (Å²) >= 11 is 0. The molecule has 0 bridgehead atoms.